The van der Waals surface area contributed by atoms with Crippen LogP contribution in [-0.4, -0.2) is 11.9 Å². The maximum atomic E-state index is 12.6. The van der Waals surface area contributed by atoms with E-state index in [1.165, 1.54) is 11.1 Å². The number of carbonyl (C=O) groups is 1. The number of hydrogen-bond donors (Lipinski definition) is 0. The molecule has 1 aromatic carbocycles. The van der Waals surface area contributed by atoms with Gasteiger partial charge in [0.05, 0.1) is 0 Å². The lowest BCUT2D eigenvalue weighted by Crippen LogP contribution is -2.26. The molecule has 2 aliphatic carbocycles. The summed E-state index contributed by atoms with van der Waals surface area (Å²) in [7, 11) is 0. The van der Waals surface area contributed by atoms with E-state index in [-0.39, 0.29) is 23.2 Å². The Hall–Kier alpha value is -2.09. The number of carbonyl (C=O) groups excluding carboxylic acids is 1. The molecule has 0 unspecified atom stereocenters. The monoisotopic (exact) mass is 306 g/mol. The summed E-state index contributed by atoms with van der Waals surface area (Å²) in [6, 6.07) is 10.4. The van der Waals surface area contributed by atoms with Crippen LogP contribution in [0.25, 0.3) is 5.57 Å². The molecule has 1 aliphatic heterocycles. The molecule has 0 saturated carbocycles. The summed E-state index contributed by atoms with van der Waals surface area (Å²) in [5.74, 6) is 1.34. The van der Waals surface area contributed by atoms with Crippen LogP contribution in [0.3, 0.4) is 0 Å². The van der Waals surface area contributed by atoms with Crippen molar-refractivity contribution in [2.24, 2.45) is 11.3 Å². The molecule has 3 aliphatic rings. The van der Waals surface area contributed by atoms with E-state index in [2.05, 4.69) is 56.3 Å². The minimum absolute atomic E-state index is 0.0152. The van der Waals surface area contributed by atoms with Crippen LogP contribution in [0, 0.1) is 11.3 Å². The molecule has 1 heterocycles. The van der Waals surface area contributed by atoms with Crippen LogP contribution in [0.1, 0.15) is 38.7 Å². The summed E-state index contributed by atoms with van der Waals surface area (Å²) in [5.41, 5.74) is 3.47. The molecule has 4 rings (SSSR count). The first kappa shape index (κ1) is 14.5. The van der Waals surface area contributed by atoms with E-state index >= 15 is 0 Å². The van der Waals surface area contributed by atoms with Gasteiger partial charge in [-0.2, -0.15) is 0 Å². The Balaban J connectivity index is 1.63. The van der Waals surface area contributed by atoms with Gasteiger partial charge in [0, 0.05) is 30.8 Å². The summed E-state index contributed by atoms with van der Waals surface area (Å²) in [4.78, 5) is 12.6. The van der Waals surface area contributed by atoms with E-state index in [9.17, 15) is 4.79 Å². The second kappa shape index (κ2) is 5.23. The third-order valence-corrected chi connectivity index (χ3v) is 5.09. The molecule has 0 N–H and O–H groups in total. The number of benzene rings is 1. The van der Waals surface area contributed by atoms with E-state index in [0.717, 1.165) is 24.2 Å². The zero-order chi connectivity index (χ0) is 16.0. The molecule has 23 heavy (non-hydrogen) atoms. The normalized spacial score (nSPS) is 28.6. The van der Waals surface area contributed by atoms with Crippen LogP contribution in [0.4, 0.5) is 0 Å². The van der Waals surface area contributed by atoms with Crippen LogP contribution >= 0.6 is 0 Å². The summed E-state index contributed by atoms with van der Waals surface area (Å²) in [6.45, 7) is 4.30. The highest BCUT2D eigenvalue weighted by Gasteiger charge is 2.45. The molecule has 2 heteroatoms. The minimum Gasteiger partial charge on any atom is -0.493 e. The lowest BCUT2D eigenvalue weighted by molar-refractivity contribution is -0.118. The lowest BCUT2D eigenvalue weighted by Gasteiger charge is -2.29. The van der Waals surface area contributed by atoms with Gasteiger partial charge in [0.15, 0.2) is 5.78 Å². The van der Waals surface area contributed by atoms with E-state index in [0.29, 0.717) is 6.42 Å². The Morgan fingerprint density at radius 1 is 1.13 bits per heavy atom. The van der Waals surface area contributed by atoms with Gasteiger partial charge < -0.3 is 4.74 Å². The number of allylic oxidation sites excluding steroid dienone is 3. The number of ketones is 1. The molecule has 0 saturated heterocycles. The van der Waals surface area contributed by atoms with Crippen molar-refractivity contribution in [1.82, 2.24) is 0 Å². The van der Waals surface area contributed by atoms with Gasteiger partial charge in [-0.1, -0.05) is 62.4 Å². The van der Waals surface area contributed by atoms with E-state index in [4.69, 9.17) is 4.74 Å². The maximum Gasteiger partial charge on any atom is 0.163 e. The molecule has 0 radical (unpaired) electrons. The molecule has 0 aromatic heterocycles. The van der Waals surface area contributed by atoms with Gasteiger partial charge in [-0.3, -0.25) is 4.79 Å². The number of Topliss-reactive ketones (excluding diaryl/α,β-unsaturated/α-hetero) is 1. The van der Waals surface area contributed by atoms with Crippen molar-refractivity contribution in [2.45, 2.75) is 39.2 Å². The van der Waals surface area contributed by atoms with Gasteiger partial charge in [0.2, 0.25) is 0 Å². The summed E-state index contributed by atoms with van der Waals surface area (Å²) in [5, 5.41) is 0. The van der Waals surface area contributed by atoms with Gasteiger partial charge in [-0.15, -0.1) is 0 Å². The van der Waals surface area contributed by atoms with Gasteiger partial charge in [-0.05, 0) is 16.6 Å². The van der Waals surface area contributed by atoms with Crippen LogP contribution < -0.4 is 0 Å². The van der Waals surface area contributed by atoms with Gasteiger partial charge in [0.1, 0.15) is 11.9 Å². The topological polar surface area (TPSA) is 26.3 Å². The standard InChI is InChI=1S/C21H22O2/c1-21(2)12-17(22)20-16-10-6-9-15(14-7-4-3-5-8-14)11-18(16)23-19(20)13-21/h3-10,16,18H,11-13H2,1-2H3/t16-,18+/m1/s1. The number of fused-ring (bicyclic) bond motifs is 2. The summed E-state index contributed by atoms with van der Waals surface area (Å²) in [6.07, 6.45) is 8.82. The Labute approximate surface area is 137 Å². The van der Waals surface area contributed by atoms with Crippen LogP contribution in [0.5, 0.6) is 0 Å². The van der Waals surface area contributed by atoms with Crippen molar-refractivity contribution in [3.63, 3.8) is 0 Å². The molecule has 0 amide bonds. The fourth-order valence-electron chi connectivity index (χ4n) is 4.03. The van der Waals surface area contributed by atoms with Gasteiger partial charge in [0.25, 0.3) is 0 Å². The van der Waals surface area contributed by atoms with Gasteiger partial charge in [-0.25, -0.2) is 0 Å². The maximum absolute atomic E-state index is 12.6. The van der Waals surface area contributed by atoms with Crippen LogP contribution in [0.2, 0.25) is 0 Å². The second-order valence-electron chi connectivity index (χ2n) is 7.61. The van der Waals surface area contributed by atoms with Crippen molar-refractivity contribution in [2.75, 3.05) is 0 Å². The third-order valence-electron chi connectivity index (χ3n) is 5.09. The molecule has 0 fully saturated rings. The molecule has 0 spiro atoms. The molecular weight excluding hydrogens is 284 g/mol. The fraction of sp³-hybridized carbons (Fsp3) is 0.381. The SMILES string of the molecule is CC1(C)CC(=O)C2=C(C1)O[C@H]1CC(c3ccccc3)=CC=C[C@@H]21. The Morgan fingerprint density at radius 3 is 2.70 bits per heavy atom. The van der Waals surface area contributed by atoms with Crippen molar-refractivity contribution in [3.05, 3.63) is 65.5 Å². The zero-order valence-corrected chi connectivity index (χ0v) is 13.7. The quantitative estimate of drug-likeness (QED) is 0.752. The van der Waals surface area contributed by atoms with E-state index in [1.807, 2.05) is 6.07 Å². The first-order valence-corrected chi connectivity index (χ1v) is 8.39. The predicted molar refractivity (Wildman–Crippen MR) is 91.6 cm³/mol. The molecule has 118 valence electrons. The zero-order valence-electron chi connectivity index (χ0n) is 13.7. The number of rotatable bonds is 1. The highest BCUT2D eigenvalue weighted by Crippen LogP contribution is 2.47. The van der Waals surface area contributed by atoms with Crippen molar-refractivity contribution >= 4 is 11.4 Å². The first-order valence-electron chi connectivity index (χ1n) is 8.39. The summed E-state index contributed by atoms with van der Waals surface area (Å²) >= 11 is 0. The largest absolute Gasteiger partial charge is 0.493 e. The van der Waals surface area contributed by atoms with Crippen molar-refractivity contribution in [3.8, 4) is 0 Å². The van der Waals surface area contributed by atoms with Crippen LogP contribution in [-0.2, 0) is 9.53 Å². The average Bonchev–Trinajstić information content (AvgIpc) is 2.70. The smallest absolute Gasteiger partial charge is 0.163 e. The van der Waals surface area contributed by atoms with E-state index < -0.39 is 0 Å². The molecule has 2 nitrogen and oxygen atoms in total. The molecule has 1 aromatic rings. The Morgan fingerprint density at radius 2 is 1.91 bits per heavy atom. The van der Waals surface area contributed by atoms with Crippen molar-refractivity contribution < 1.29 is 9.53 Å². The van der Waals surface area contributed by atoms with Crippen molar-refractivity contribution in [1.29, 1.82) is 0 Å². The summed E-state index contributed by atoms with van der Waals surface area (Å²) < 4.78 is 6.27. The second-order valence-corrected chi connectivity index (χ2v) is 7.61. The third kappa shape index (κ3) is 2.56. The molecular formula is C21H22O2. The van der Waals surface area contributed by atoms with Gasteiger partial charge >= 0.3 is 0 Å². The Bertz CT molecular complexity index is 734. The first-order chi connectivity index (χ1) is 11.0. The molecule has 0 bridgehead atoms. The predicted octanol–water partition coefficient (Wildman–Crippen LogP) is 4.69. The molecule has 2 atom stereocenters. The number of hydrogen-bond acceptors (Lipinski definition) is 2. The number of ether oxygens (including phenoxy) is 1. The highest BCUT2D eigenvalue weighted by atomic mass is 16.5. The fourth-order valence-corrected chi connectivity index (χ4v) is 4.03. The van der Waals surface area contributed by atoms with E-state index in [1.54, 1.807) is 0 Å². The lowest BCUT2D eigenvalue weighted by atomic mass is 9.74. The average molecular weight is 306 g/mol. The minimum atomic E-state index is 0.0152. The highest BCUT2D eigenvalue weighted by molar-refractivity contribution is 5.98. The Kier molecular flexibility index (Phi) is 3.29. The van der Waals surface area contributed by atoms with Crippen LogP contribution in [0.15, 0.2) is 59.9 Å².